The number of ether oxygens (including phenoxy) is 1. The van der Waals surface area contributed by atoms with Gasteiger partial charge in [0.25, 0.3) is 0 Å². The van der Waals surface area contributed by atoms with E-state index in [0.29, 0.717) is 45.5 Å². The highest BCUT2D eigenvalue weighted by atomic mass is 19.1. The average Bonchev–Trinajstić information content (AvgIpc) is 2.57. The molecular formula is C18H25FN2O3. The van der Waals surface area contributed by atoms with Crippen molar-refractivity contribution in [2.24, 2.45) is 5.92 Å². The third kappa shape index (κ3) is 4.94. The third-order valence-corrected chi connectivity index (χ3v) is 4.32. The van der Waals surface area contributed by atoms with Crippen LogP contribution in [0.1, 0.15) is 32.3 Å². The fraction of sp³-hybridized carbons (Fsp3) is 0.556. The molecule has 5 nitrogen and oxygen atoms in total. The van der Waals surface area contributed by atoms with Gasteiger partial charge in [-0.15, -0.1) is 0 Å². The maximum absolute atomic E-state index is 13.8. The van der Waals surface area contributed by atoms with Gasteiger partial charge in [-0.25, -0.2) is 4.39 Å². The number of halogens is 1. The van der Waals surface area contributed by atoms with E-state index in [2.05, 4.69) is 5.32 Å². The lowest BCUT2D eigenvalue weighted by Gasteiger charge is -2.30. The minimum atomic E-state index is -0.378. The van der Waals surface area contributed by atoms with Crippen LogP contribution in [0, 0.1) is 11.7 Å². The summed E-state index contributed by atoms with van der Waals surface area (Å²) >= 11 is 0. The maximum Gasteiger partial charge on any atom is 0.223 e. The summed E-state index contributed by atoms with van der Waals surface area (Å²) in [6.45, 7) is 5.53. The summed E-state index contributed by atoms with van der Waals surface area (Å²) in [6.07, 6.45) is 1.97. The Morgan fingerprint density at radius 3 is 2.62 bits per heavy atom. The Kier molecular flexibility index (Phi) is 6.58. The minimum absolute atomic E-state index is 0.0182. The van der Waals surface area contributed by atoms with Crippen LogP contribution in [0.3, 0.4) is 0 Å². The molecule has 1 saturated heterocycles. The second-order valence-corrected chi connectivity index (χ2v) is 6.02. The fourth-order valence-corrected chi connectivity index (χ4v) is 2.90. The second-order valence-electron chi connectivity index (χ2n) is 6.02. The fourth-order valence-electron chi connectivity index (χ4n) is 2.90. The summed E-state index contributed by atoms with van der Waals surface area (Å²) in [7, 11) is 0. The number of nitrogens with one attached hydrogen (secondary N) is 1. The molecule has 24 heavy (non-hydrogen) atoms. The van der Waals surface area contributed by atoms with Gasteiger partial charge in [-0.2, -0.15) is 0 Å². The molecule has 1 heterocycles. The first-order valence-electron chi connectivity index (χ1n) is 8.45. The number of nitrogens with zero attached hydrogens (tertiary/aromatic N) is 1. The molecule has 0 aliphatic carbocycles. The normalized spacial score (nSPS) is 15.2. The Hall–Kier alpha value is -2.11. The van der Waals surface area contributed by atoms with E-state index in [1.807, 2.05) is 13.0 Å². The highest BCUT2D eigenvalue weighted by Gasteiger charge is 2.25. The molecule has 132 valence electrons. The smallest absolute Gasteiger partial charge is 0.223 e. The number of likely N-dealkylation sites (tertiary alicyclic amines) is 1. The number of amides is 2. The van der Waals surface area contributed by atoms with Gasteiger partial charge in [-0.3, -0.25) is 9.59 Å². The number of carbonyl (C=O) groups is 2. The molecule has 0 atom stereocenters. The number of rotatable bonds is 6. The zero-order valence-electron chi connectivity index (χ0n) is 14.3. The first-order chi connectivity index (χ1) is 11.5. The molecule has 1 aromatic carbocycles. The van der Waals surface area contributed by atoms with Gasteiger partial charge < -0.3 is 15.0 Å². The predicted molar refractivity (Wildman–Crippen MR) is 89.3 cm³/mol. The molecule has 2 rings (SSSR count). The summed E-state index contributed by atoms with van der Waals surface area (Å²) in [5, 5.41) is 2.91. The van der Waals surface area contributed by atoms with Crippen molar-refractivity contribution in [3.63, 3.8) is 0 Å². The van der Waals surface area contributed by atoms with E-state index in [1.165, 1.54) is 6.07 Å². The van der Waals surface area contributed by atoms with Gasteiger partial charge in [0.1, 0.15) is 0 Å². The molecule has 2 amide bonds. The number of hydrogen-bond donors (Lipinski definition) is 1. The monoisotopic (exact) mass is 336 g/mol. The quantitative estimate of drug-likeness (QED) is 0.866. The van der Waals surface area contributed by atoms with Crippen molar-refractivity contribution >= 4 is 11.8 Å². The van der Waals surface area contributed by atoms with Crippen molar-refractivity contribution in [3.05, 3.63) is 29.6 Å². The van der Waals surface area contributed by atoms with Crippen LogP contribution in [0.15, 0.2) is 18.2 Å². The van der Waals surface area contributed by atoms with Crippen LogP contribution in [0.25, 0.3) is 0 Å². The summed E-state index contributed by atoms with van der Waals surface area (Å²) < 4.78 is 18.9. The standard InChI is InChI=1S/C18H25FN2O3/c1-3-24-17-5-4-14(12-16(17)19)6-9-20-18(23)15-7-10-21(11-8-15)13(2)22/h4-5,12,15H,3,6-11H2,1-2H3,(H,20,23). The zero-order valence-corrected chi connectivity index (χ0v) is 14.3. The molecule has 1 aliphatic rings. The largest absolute Gasteiger partial charge is 0.491 e. The van der Waals surface area contributed by atoms with Crippen LogP contribution < -0.4 is 10.1 Å². The Labute approximate surface area is 142 Å². The Balaban J connectivity index is 1.75. The van der Waals surface area contributed by atoms with E-state index in [4.69, 9.17) is 4.74 Å². The van der Waals surface area contributed by atoms with Gasteiger partial charge in [0.2, 0.25) is 11.8 Å². The molecule has 1 aromatic rings. The van der Waals surface area contributed by atoms with Crippen LogP contribution in [-0.2, 0) is 16.0 Å². The molecular weight excluding hydrogens is 311 g/mol. The molecule has 0 radical (unpaired) electrons. The first kappa shape index (κ1) is 18.2. The molecule has 1 aliphatic heterocycles. The summed E-state index contributed by atoms with van der Waals surface area (Å²) in [4.78, 5) is 25.2. The molecule has 1 N–H and O–H groups in total. The SMILES string of the molecule is CCOc1ccc(CCNC(=O)C2CCN(C(C)=O)CC2)cc1F. The van der Waals surface area contributed by atoms with Crippen LogP contribution in [0.2, 0.25) is 0 Å². The van der Waals surface area contributed by atoms with E-state index in [0.717, 1.165) is 5.56 Å². The Morgan fingerprint density at radius 2 is 2.04 bits per heavy atom. The van der Waals surface area contributed by atoms with Crippen molar-refractivity contribution in [2.75, 3.05) is 26.2 Å². The lowest BCUT2D eigenvalue weighted by molar-refractivity contribution is -0.133. The Bertz CT molecular complexity index is 584. The van der Waals surface area contributed by atoms with Crippen molar-refractivity contribution < 1.29 is 18.7 Å². The molecule has 0 saturated carbocycles. The number of benzene rings is 1. The number of piperidine rings is 1. The second kappa shape index (κ2) is 8.66. The highest BCUT2D eigenvalue weighted by molar-refractivity contribution is 5.79. The van der Waals surface area contributed by atoms with E-state index in [1.54, 1.807) is 17.9 Å². The summed E-state index contributed by atoms with van der Waals surface area (Å²) in [5.74, 6) is -0.0894. The molecule has 0 unspecified atom stereocenters. The lowest BCUT2D eigenvalue weighted by atomic mass is 9.96. The predicted octanol–water partition coefficient (Wildman–Crippen LogP) is 2.14. The topological polar surface area (TPSA) is 58.6 Å². The first-order valence-corrected chi connectivity index (χ1v) is 8.45. The van der Waals surface area contributed by atoms with E-state index >= 15 is 0 Å². The Morgan fingerprint density at radius 1 is 1.33 bits per heavy atom. The van der Waals surface area contributed by atoms with Crippen molar-refractivity contribution in [1.29, 1.82) is 0 Å². The van der Waals surface area contributed by atoms with Gasteiger partial charge in [0.15, 0.2) is 11.6 Å². The van der Waals surface area contributed by atoms with Gasteiger partial charge >= 0.3 is 0 Å². The van der Waals surface area contributed by atoms with E-state index in [-0.39, 0.29) is 29.3 Å². The molecule has 6 heteroatoms. The van der Waals surface area contributed by atoms with Gasteiger partial charge in [0.05, 0.1) is 6.61 Å². The molecule has 0 spiro atoms. The highest BCUT2D eigenvalue weighted by Crippen LogP contribution is 2.19. The maximum atomic E-state index is 13.8. The lowest BCUT2D eigenvalue weighted by Crippen LogP contribution is -2.42. The third-order valence-electron chi connectivity index (χ3n) is 4.32. The molecule has 0 bridgehead atoms. The van der Waals surface area contributed by atoms with Crippen LogP contribution in [0.4, 0.5) is 4.39 Å². The number of carbonyl (C=O) groups excluding carboxylic acids is 2. The van der Waals surface area contributed by atoms with Gasteiger partial charge in [-0.1, -0.05) is 6.07 Å². The van der Waals surface area contributed by atoms with Gasteiger partial charge in [-0.05, 0) is 43.9 Å². The van der Waals surface area contributed by atoms with Crippen LogP contribution in [-0.4, -0.2) is 43.0 Å². The average molecular weight is 336 g/mol. The minimum Gasteiger partial charge on any atom is -0.491 e. The van der Waals surface area contributed by atoms with Crippen molar-refractivity contribution in [2.45, 2.75) is 33.1 Å². The van der Waals surface area contributed by atoms with Crippen molar-refractivity contribution in [3.8, 4) is 5.75 Å². The number of hydrogen-bond acceptors (Lipinski definition) is 3. The van der Waals surface area contributed by atoms with E-state index in [9.17, 15) is 14.0 Å². The van der Waals surface area contributed by atoms with E-state index < -0.39 is 0 Å². The molecule has 1 fully saturated rings. The summed E-state index contributed by atoms with van der Waals surface area (Å²) in [5.41, 5.74) is 0.822. The zero-order chi connectivity index (χ0) is 17.5. The van der Waals surface area contributed by atoms with Crippen LogP contribution >= 0.6 is 0 Å². The summed E-state index contributed by atoms with van der Waals surface area (Å²) in [6, 6.07) is 4.88. The van der Waals surface area contributed by atoms with Gasteiger partial charge in [0, 0.05) is 32.5 Å². The van der Waals surface area contributed by atoms with Crippen molar-refractivity contribution in [1.82, 2.24) is 10.2 Å². The van der Waals surface area contributed by atoms with Crippen LogP contribution in [0.5, 0.6) is 5.75 Å². The molecule has 0 aromatic heterocycles.